The number of benzene rings is 2. The molecule has 158 valence electrons. The lowest BCUT2D eigenvalue weighted by atomic mass is 10.1. The topological polar surface area (TPSA) is 59.7 Å². The van der Waals surface area contributed by atoms with Crippen LogP contribution in [0.1, 0.15) is 25.0 Å². The number of anilines is 1. The van der Waals surface area contributed by atoms with E-state index >= 15 is 0 Å². The lowest BCUT2D eigenvalue weighted by Crippen LogP contribution is -2.40. The minimum absolute atomic E-state index is 0.0909. The number of thioether (sulfide) groups is 1. The van der Waals surface area contributed by atoms with E-state index in [1.165, 1.54) is 17.3 Å². The predicted molar refractivity (Wildman–Crippen MR) is 124 cm³/mol. The van der Waals surface area contributed by atoms with E-state index in [0.717, 1.165) is 40.0 Å². The molecule has 2 atom stereocenters. The van der Waals surface area contributed by atoms with Crippen molar-refractivity contribution in [1.82, 2.24) is 14.6 Å². The zero-order valence-electron chi connectivity index (χ0n) is 18.0. The van der Waals surface area contributed by atoms with Gasteiger partial charge in [-0.2, -0.15) is 0 Å². The number of hydrogen-bond acceptors (Lipinski definition) is 5. The van der Waals surface area contributed by atoms with Gasteiger partial charge in [-0.05, 0) is 62.6 Å². The van der Waals surface area contributed by atoms with Crippen molar-refractivity contribution in [3.63, 3.8) is 0 Å². The Bertz CT molecular complexity index is 1320. The Morgan fingerprint density at radius 1 is 1.19 bits per heavy atom. The van der Waals surface area contributed by atoms with Gasteiger partial charge in [-0.1, -0.05) is 30.0 Å². The smallest absolute Gasteiger partial charge is 0.240 e. The van der Waals surface area contributed by atoms with Crippen LogP contribution in [-0.2, 0) is 11.2 Å². The molecule has 2 unspecified atom stereocenters. The van der Waals surface area contributed by atoms with Crippen LogP contribution in [0.25, 0.3) is 16.6 Å². The van der Waals surface area contributed by atoms with E-state index in [0.29, 0.717) is 5.16 Å². The van der Waals surface area contributed by atoms with Crippen molar-refractivity contribution < 1.29 is 9.53 Å². The third-order valence-electron chi connectivity index (χ3n) is 5.95. The average molecular weight is 433 g/mol. The first-order chi connectivity index (χ1) is 15.0. The highest BCUT2D eigenvalue weighted by Crippen LogP contribution is 2.35. The molecule has 0 radical (unpaired) electrons. The maximum absolute atomic E-state index is 13.4. The van der Waals surface area contributed by atoms with Crippen LogP contribution in [0.2, 0.25) is 0 Å². The number of methoxy groups -OCH3 is 1. The van der Waals surface area contributed by atoms with Crippen molar-refractivity contribution in [2.24, 2.45) is 0 Å². The van der Waals surface area contributed by atoms with Crippen LogP contribution >= 0.6 is 11.8 Å². The van der Waals surface area contributed by atoms with Crippen LogP contribution in [0.3, 0.4) is 0 Å². The summed E-state index contributed by atoms with van der Waals surface area (Å²) < 4.78 is 7.45. The Balaban J connectivity index is 1.52. The predicted octanol–water partition coefficient (Wildman–Crippen LogP) is 4.66. The Morgan fingerprint density at radius 3 is 2.81 bits per heavy atom. The van der Waals surface area contributed by atoms with Crippen molar-refractivity contribution in [1.29, 1.82) is 0 Å². The fourth-order valence-electron chi connectivity index (χ4n) is 4.41. The lowest BCUT2D eigenvalue weighted by Gasteiger charge is -2.25. The zero-order valence-corrected chi connectivity index (χ0v) is 18.8. The summed E-state index contributed by atoms with van der Waals surface area (Å²) in [7, 11) is 1.66. The Hall–Kier alpha value is -3.06. The number of aryl methyl sites for hydroxylation is 1. The highest BCUT2D eigenvalue weighted by molar-refractivity contribution is 8.00. The van der Waals surface area contributed by atoms with Gasteiger partial charge in [0.25, 0.3) is 0 Å². The Morgan fingerprint density at radius 2 is 2.00 bits per heavy atom. The van der Waals surface area contributed by atoms with Crippen LogP contribution in [0.15, 0.2) is 53.7 Å². The number of rotatable bonds is 4. The van der Waals surface area contributed by atoms with Crippen LogP contribution < -0.4 is 9.64 Å². The number of carbonyl (C=O) groups excluding carboxylic acids is 1. The molecule has 0 bridgehead atoms. The molecule has 0 saturated carbocycles. The number of aromatic nitrogens is 3. The molecule has 2 aromatic carbocycles. The molecule has 0 aliphatic carbocycles. The summed E-state index contributed by atoms with van der Waals surface area (Å²) in [5, 5.41) is 10.3. The second-order valence-corrected chi connectivity index (χ2v) is 9.34. The quantitative estimate of drug-likeness (QED) is 0.439. The highest BCUT2D eigenvalue weighted by Gasteiger charge is 2.34. The molecule has 0 N–H and O–H groups in total. The number of hydrogen-bond donors (Lipinski definition) is 0. The Labute approximate surface area is 185 Å². The summed E-state index contributed by atoms with van der Waals surface area (Å²) >= 11 is 1.44. The Kier molecular flexibility index (Phi) is 4.85. The molecule has 1 aliphatic rings. The van der Waals surface area contributed by atoms with Crippen LogP contribution in [-0.4, -0.2) is 38.9 Å². The summed E-state index contributed by atoms with van der Waals surface area (Å²) in [6, 6.07) is 16.3. The molecular weight excluding hydrogens is 408 g/mol. The first-order valence-electron chi connectivity index (χ1n) is 10.4. The molecule has 1 aliphatic heterocycles. The first kappa shape index (κ1) is 19.9. The van der Waals surface area contributed by atoms with E-state index in [-0.39, 0.29) is 17.2 Å². The van der Waals surface area contributed by atoms with Gasteiger partial charge >= 0.3 is 0 Å². The minimum Gasteiger partial charge on any atom is -0.497 e. The first-order valence-corrected chi connectivity index (χ1v) is 11.3. The number of nitrogens with zero attached hydrogens (tertiary/aromatic N) is 4. The number of ether oxygens (including phenoxy) is 1. The molecule has 5 rings (SSSR count). The second-order valence-electron chi connectivity index (χ2n) is 8.04. The zero-order chi connectivity index (χ0) is 21.7. The monoisotopic (exact) mass is 432 g/mol. The summed E-state index contributed by atoms with van der Waals surface area (Å²) in [4.78, 5) is 15.4. The molecule has 2 aromatic heterocycles. The van der Waals surface area contributed by atoms with Gasteiger partial charge in [0.15, 0.2) is 10.8 Å². The summed E-state index contributed by atoms with van der Waals surface area (Å²) in [6.45, 7) is 6.11. The normalized spacial score (nSPS) is 16.6. The van der Waals surface area contributed by atoms with Gasteiger partial charge in [-0.3, -0.25) is 9.20 Å². The average Bonchev–Trinajstić information content (AvgIpc) is 3.32. The summed E-state index contributed by atoms with van der Waals surface area (Å²) in [5.41, 5.74) is 5.11. The number of para-hydroxylation sites is 1. The molecule has 1 amide bonds. The van der Waals surface area contributed by atoms with Gasteiger partial charge in [0.1, 0.15) is 5.75 Å². The van der Waals surface area contributed by atoms with Crippen molar-refractivity contribution in [3.05, 3.63) is 59.7 Å². The van der Waals surface area contributed by atoms with Gasteiger partial charge in [0.2, 0.25) is 5.91 Å². The SMILES string of the molecule is COc1ccc2c(C)cc3nnc(SC(C)C(=O)N4c5ccccc5CC4C)n3c2c1. The van der Waals surface area contributed by atoms with Gasteiger partial charge in [0, 0.05) is 23.2 Å². The van der Waals surface area contributed by atoms with E-state index in [1.54, 1.807) is 7.11 Å². The summed E-state index contributed by atoms with van der Waals surface area (Å²) in [5.74, 6) is 0.865. The van der Waals surface area contributed by atoms with Crippen molar-refractivity contribution in [2.75, 3.05) is 12.0 Å². The van der Waals surface area contributed by atoms with Gasteiger partial charge in [0.05, 0.1) is 17.9 Å². The number of pyridine rings is 1. The van der Waals surface area contributed by atoms with Gasteiger partial charge in [-0.25, -0.2) is 0 Å². The molecule has 7 heteroatoms. The maximum Gasteiger partial charge on any atom is 0.240 e. The van der Waals surface area contributed by atoms with E-state index in [2.05, 4.69) is 36.2 Å². The van der Waals surface area contributed by atoms with Crippen LogP contribution in [0.5, 0.6) is 5.75 Å². The minimum atomic E-state index is -0.303. The maximum atomic E-state index is 13.4. The number of amides is 1. The highest BCUT2D eigenvalue weighted by atomic mass is 32.2. The molecule has 0 fully saturated rings. The molecule has 0 saturated heterocycles. The fraction of sp³-hybridized carbons (Fsp3) is 0.292. The standard InChI is InChI=1S/C24H24N4O2S/c1-14-11-22-25-26-24(28(22)21-13-18(30-4)9-10-19(14)21)31-16(3)23(29)27-15(2)12-17-7-5-6-8-20(17)27/h5-11,13,15-16H,12H2,1-4H3. The number of fused-ring (bicyclic) bond motifs is 4. The van der Waals surface area contributed by atoms with Crippen LogP contribution in [0, 0.1) is 6.92 Å². The summed E-state index contributed by atoms with van der Waals surface area (Å²) in [6.07, 6.45) is 0.886. The van der Waals surface area contributed by atoms with E-state index < -0.39 is 0 Å². The molecule has 0 spiro atoms. The largest absolute Gasteiger partial charge is 0.497 e. The third-order valence-corrected chi connectivity index (χ3v) is 6.98. The van der Waals surface area contributed by atoms with Crippen molar-refractivity contribution in [3.8, 4) is 5.75 Å². The van der Waals surface area contributed by atoms with E-state index in [4.69, 9.17) is 4.74 Å². The third kappa shape index (κ3) is 3.24. The van der Waals surface area contributed by atoms with Gasteiger partial charge < -0.3 is 9.64 Å². The molecule has 6 nitrogen and oxygen atoms in total. The lowest BCUT2D eigenvalue weighted by molar-refractivity contribution is -0.118. The molecule has 4 aromatic rings. The van der Waals surface area contributed by atoms with Crippen molar-refractivity contribution >= 4 is 39.9 Å². The van der Waals surface area contributed by atoms with Crippen molar-refractivity contribution in [2.45, 2.75) is 43.6 Å². The van der Waals surface area contributed by atoms with E-state index in [1.807, 2.05) is 52.6 Å². The molecule has 3 heterocycles. The second kappa shape index (κ2) is 7.57. The fourth-order valence-corrected chi connectivity index (χ4v) is 5.33. The number of carbonyl (C=O) groups is 1. The molecular formula is C24H24N4O2S. The molecule has 31 heavy (non-hydrogen) atoms. The van der Waals surface area contributed by atoms with E-state index in [9.17, 15) is 4.79 Å². The van der Waals surface area contributed by atoms with Gasteiger partial charge in [-0.15, -0.1) is 10.2 Å². The van der Waals surface area contributed by atoms with Crippen LogP contribution in [0.4, 0.5) is 5.69 Å².